The fraction of sp³-hybridized carbons (Fsp3) is 0.125. The Morgan fingerprint density at radius 3 is 2.56 bits per heavy atom. The number of benzene rings is 1. The lowest BCUT2D eigenvalue weighted by atomic mass is 10.3. The highest BCUT2D eigenvalue weighted by Crippen LogP contribution is 2.29. The molecule has 3 amide bonds. The fourth-order valence-corrected chi connectivity index (χ4v) is 2.74. The number of urea groups is 1. The molecule has 1 aromatic heterocycles. The van der Waals surface area contributed by atoms with E-state index in [1.807, 2.05) is 5.32 Å². The maximum absolute atomic E-state index is 12.3. The molecule has 0 aliphatic rings. The van der Waals surface area contributed by atoms with Gasteiger partial charge in [-0.3, -0.25) is 10.1 Å². The fourth-order valence-electron chi connectivity index (χ4n) is 1.74. The molecule has 2 aromatic rings. The zero-order valence-electron chi connectivity index (χ0n) is 13.1. The average Bonchev–Trinajstić information content (AvgIpc) is 2.56. The number of ether oxygens (including phenoxy) is 1. The van der Waals surface area contributed by atoms with Crippen LogP contribution in [0.3, 0.4) is 0 Å². The van der Waals surface area contributed by atoms with Gasteiger partial charge >= 0.3 is 12.0 Å². The summed E-state index contributed by atoms with van der Waals surface area (Å²) in [5.74, 6) is -1.55. The number of carbonyl (C=O) groups is 3. The minimum absolute atomic E-state index is 0.196. The van der Waals surface area contributed by atoms with Gasteiger partial charge in [-0.25, -0.2) is 14.6 Å². The molecule has 9 heteroatoms. The van der Waals surface area contributed by atoms with Gasteiger partial charge in [0, 0.05) is 16.1 Å². The molecule has 0 fully saturated rings. The number of carbonyl (C=O) groups excluding carboxylic acids is 3. The van der Waals surface area contributed by atoms with Crippen molar-refractivity contribution in [2.75, 3.05) is 0 Å². The number of nitrogens with zero attached hydrogens (tertiary/aromatic N) is 1. The Kier molecular flexibility index (Phi) is 6.37. The molecule has 1 heterocycles. The van der Waals surface area contributed by atoms with Gasteiger partial charge in [0.15, 0.2) is 6.10 Å². The lowest BCUT2D eigenvalue weighted by Crippen LogP contribution is -2.42. The molecule has 1 aromatic carbocycles. The van der Waals surface area contributed by atoms with Crippen molar-refractivity contribution in [3.63, 3.8) is 0 Å². The van der Waals surface area contributed by atoms with E-state index >= 15 is 0 Å². The Labute approximate surface area is 152 Å². The number of amides is 3. The number of hydrogen-bond donors (Lipinski definition) is 2. The zero-order valence-corrected chi connectivity index (χ0v) is 14.6. The summed E-state index contributed by atoms with van der Waals surface area (Å²) in [5.41, 5.74) is 5.06. The average molecular weight is 380 g/mol. The first kappa shape index (κ1) is 18.8. The van der Waals surface area contributed by atoms with E-state index in [0.717, 1.165) is 4.90 Å². The van der Waals surface area contributed by atoms with Crippen LogP contribution in [0.1, 0.15) is 17.3 Å². The quantitative estimate of drug-likeness (QED) is 0.772. The minimum Gasteiger partial charge on any atom is -0.449 e. The maximum atomic E-state index is 12.3. The molecule has 0 bridgehead atoms. The van der Waals surface area contributed by atoms with E-state index in [2.05, 4.69) is 4.98 Å². The van der Waals surface area contributed by atoms with Crippen LogP contribution in [0, 0.1) is 0 Å². The van der Waals surface area contributed by atoms with E-state index < -0.39 is 24.0 Å². The predicted octanol–water partition coefficient (Wildman–Crippen LogP) is 2.63. The highest BCUT2D eigenvalue weighted by molar-refractivity contribution is 7.99. The van der Waals surface area contributed by atoms with Gasteiger partial charge < -0.3 is 10.5 Å². The molecule has 0 aliphatic carbocycles. The largest absolute Gasteiger partial charge is 0.449 e. The Balaban J connectivity index is 2.13. The second kappa shape index (κ2) is 8.50. The number of esters is 1. The first-order valence-electron chi connectivity index (χ1n) is 7.06. The van der Waals surface area contributed by atoms with E-state index in [1.165, 1.54) is 30.9 Å². The van der Waals surface area contributed by atoms with E-state index in [-0.39, 0.29) is 5.56 Å². The number of pyridine rings is 1. The molecule has 3 N–H and O–H groups in total. The lowest BCUT2D eigenvalue weighted by Gasteiger charge is -2.13. The summed E-state index contributed by atoms with van der Waals surface area (Å²) in [6, 6.07) is 9.12. The van der Waals surface area contributed by atoms with E-state index in [9.17, 15) is 14.4 Å². The van der Waals surface area contributed by atoms with Crippen molar-refractivity contribution in [3.8, 4) is 0 Å². The third kappa shape index (κ3) is 5.47. The van der Waals surface area contributed by atoms with Crippen LogP contribution in [0.4, 0.5) is 4.79 Å². The van der Waals surface area contributed by atoms with Crippen LogP contribution in [-0.4, -0.2) is 29.0 Å². The highest BCUT2D eigenvalue weighted by Gasteiger charge is 2.22. The van der Waals surface area contributed by atoms with Crippen molar-refractivity contribution in [1.82, 2.24) is 10.3 Å². The summed E-state index contributed by atoms with van der Waals surface area (Å²) in [4.78, 5) is 39.6. The second-order valence-corrected chi connectivity index (χ2v) is 6.31. The van der Waals surface area contributed by atoms with Gasteiger partial charge in [-0.15, -0.1) is 0 Å². The van der Waals surface area contributed by atoms with Gasteiger partial charge in [0.25, 0.3) is 5.91 Å². The van der Waals surface area contributed by atoms with Crippen molar-refractivity contribution in [2.45, 2.75) is 22.9 Å². The molecule has 0 radical (unpaired) electrons. The first-order valence-corrected chi connectivity index (χ1v) is 8.26. The monoisotopic (exact) mass is 379 g/mol. The number of halogens is 1. The second-order valence-electron chi connectivity index (χ2n) is 4.81. The molecular weight excluding hydrogens is 366 g/mol. The van der Waals surface area contributed by atoms with E-state index in [0.29, 0.717) is 10.0 Å². The normalized spacial score (nSPS) is 11.4. The van der Waals surface area contributed by atoms with Gasteiger partial charge in [0.2, 0.25) is 0 Å². The summed E-state index contributed by atoms with van der Waals surface area (Å²) >= 11 is 7.10. The molecule has 7 nitrogen and oxygen atoms in total. The number of hydrogen-bond acceptors (Lipinski definition) is 6. The summed E-state index contributed by atoms with van der Waals surface area (Å²) in [6.45, 7) is 1.33. The van der Waals surface area contributed by atoms with Gasteiger partial charge in [-0.2, -0.15) is 0 Å². The maximum Gasteiger partial charge on any atom is 0.341 e. The van der Waals surface area contributed by atoms with Crippen molar-refractivity contribution >= 4 is 41.3 Å². The van der Waals surface area contributed by atoms with Gasteiger partial charge in [-0.1, -0.05) is 23.4 Å². The van der Waals surface area contributed by atoms with Crippen LogP contribution in [-0.2, 0) is 9.53 Å². The summed E-state index contributed by atoms with van der Waals surface area (Å²) in [5, 5.41) is 2.86. The molecule has 130 valence electrons. The molecule has 0 unspecified atom stereocenters. The van der Waals surface area contributed by atoms with Crippen LogP contribution in [0.25, 0.3) is 0 Å². The first-order chi connectivity index (χ1) is 11.9. The third-order valence-corrected chi connectivity index (χ3v) is 4.20. The van der Waals surface area contributed by atoms with Crippen LogP contribution in [0.5, 0.6) is 0 Å². The Morgan fingerprint density at radius 1 is 1.24 bits per heavy atom. The molecule has 2 rings (SSSR count). The van der Waals surface area contributed by atoms with Gasteiger partial charge in [-0.05, 0) is 43.3 Å². The molecule has 0 saturated heterocycles. The SMILES string of the molecule is C[C@@H](OC(=O)c1cccnc1Sc1ccc(Cl)cc1)C(=O)NC(N)=O. The number of nitrogens with two attached hydrogens (primary N) is 1. The molecular formula is C16H14ClN3O4S. The Morgan fingerprint density at radius 2 is 1.92 bits per heavy atom. The number of rotatable bonds is 5. The number of imide groups is 1. The van der Waals surface area contributed by atoms with Crippen LogP contribution >= 0.6 is 23.4 Å². The summed E-state index contributed by atoms with van der Waals surface area (Å²) in [6.07, 6.45) is 0.353. The summed E-state index contributed by atoms with van der Waals surface area (Å²) in [7, 11) is 0. The Hall–Kier alpha value is -2.58. The molecule has 0 spiro atoms. The minimum atomic E-state index is -1.19. The van der Waals surface area contributed by atoms with Gasteiger partial charge in [0.1, 0.15) is 5.03 Å². The number of primary amides is 1. The van der Waals surface area contributed by atoms with Crippen molar-refractivity contribution in [1.29, 1.82) is 0 Å². The standard InChI is InChI=1S/C16H14ClN3O4S/c1-9(13(21)20-16(18)23)24-15(22)12-3-2-8-19-14(12)25-11-6-4-10(17)5-7-11/h2-9H,1H3,(H3,18,20,21,23)/t9-/m1/s1. The van der Waals surface area contributed by atoms with Crippen molar-refractivity contribution in [2.24, 2.45) is 5.73 Å². The number of aromatic nitrogens is 1. The topological polar surface area (TPSA) is 111 Å². The van der Waals surface area contributed by atoms with Crippen LogP contribution < -0.4 is 11.1 Å². The molecule has 0 saturated carbocycles. The number of nitrogens with one attached hydrogen (secondary N) is 1. The summed E-state index contributed by atoms with van der Waals surface area (Å²) < 4.78 is 5.06. The highest BCUT2D eigenvalue weighted by atomic mass is 35.5. The zero-order chi connectivity index (χ0) is 18.4. The third-order valence-electron chi connectivity index (χ3n) is 2.92. The van der Waals surface area contributed by atoms with Crippen LogP contribution in [0.2, 0.25) is 5.02 Å². The smallest absolute Gasteiger partial charge is 0.341 e. The molecule has 1 atom stereocenters. The molecule has 0 aliphatic heterocycles. The van der Waals surface area contributed by atoms with Crippen LogP contribution in [0.15, 0.2) is 52.5 Å². The Bertz CT molecular complexity index is 798. The molecule has 25 heavy (non-hydrogen) atoms. The van der Waals surface area contributed by atoms with Crippen molar-refractivity contribution < 1.29 is 19.1 Å². The van der Waals surface area contributed by atoms with Gasteiger partial charge in [0.05, 0.1) is 5.56 Å². The van der Waals surface area contributed by atoms with E-state index in [1.54, 1.807) is 30.3 Å². The lowest BCUT2D eigenvalue weighted by molar-refractivity contribution is -0.127. The van der Waals surface area contributed by atoms with E-state index in [4.69, 9.17) is 22.1 Å². The van der Waals surface area contributed by atoms with Crippen molar-refractivity contribution in [3.05, 3.63) is 53.2 Å². The predicted molar refractivity (Wildman–Crippen MR) is 92.4 cm³/mol.